The fraction of sp³-hybridized carbons (Fsp3) is 0.364. The van der Waals surface area contributed by atoms with Crippen LogP contribution < -0.4 is 5.32 Å². The summed E-state index contributed by atoms with van der Waals surface area (Å²) in [5.41, 5.74) is 1.91. The number of halogens is 1. The first-order valence-corrected chi connectivity index (χ1v) is 5.18. The van der Waals surface area contributed by atoms with Crippen LogP contribution >= 0.6 is 11.6 Å². The lowest BCUT2D eigenvalue weighted by Crippen LogP contribution is -2.12. The van der Waals surface area contributed by atoms with Gasteiger partial charge in [0.2, 0.25) is 5.91 Å². The van der Waals surface area contributed by atoms with Crippen molar-refractivity contribution in [2.45, 2.75) is 20.8 Å². The average Bonchev–Trinajstić information content (AvgIpc) is 2.21. The highest BCUT2D eigenvalue weighted by Crippen LogP contribution is 2.09. The van der Waals surface area contributed by atoms with Gasteiger partial charge >= 0.3 is 0 Å². The van der Waals surface area contributed by atoms with Crippen molar-refractivity contribution in [3.63, 3.8) is 0 Å². The van der Waals surface area contributed by atoms with Crippen molar-refractivity contribution in [2.75, 3.05) is 11.2 Å². The lowest BCUT2D eigenvalue weighted by atomic mass is 10.2. The standard InChI is InChI=1S/C9H10ClNO.C2H6/c1-7-3-2-4-8(5-7)11-9(12)6-10;1-2/h2-5H,6H2,1H3,(H,11,12);1-2H3. The van der Waals surface area contributed by atoms with Crippen molar-refractivity contribution < 1.29 is 4.79 Å². The van der Waals surface area contributed by atoms with Crippen molar-refractivity contribution in [2.24, 2.45) is 0 Å². The summed E-state index contributed by atoms with van der Waals surface area (Å²) in [6.07, 6.45) is 0. The molecule has 0 aliphatic heterocycles. The molecule has 0 unspecified atom stereocenters. The predicted octanol–water partition coefficient (Wildman–Crippen LogP) is 3.20. The third-order valence-electron chi connectivity index (χ3n) is 1.42. The van der Waals surface area contributed by atoms with Crippen LogP contribution in [0.25, 0.3) is 0 Å². The Morgan fingerprint density at radius 2 is 2.07 bits per heavy atom. The number of benzene rings is 1. The number of amides is 1. The second kappa shape index (κ2) is 7.39. The molecule has 1 rings (SSSR count). The summed E-state index contributed by atoms with van der Waals surface area (Å²) in [7, 11) is 0. The lowest BCUT2D eigenvalue weighted by Gasteiger charge is -2.02. The highest BCUT2D eigenvalue weighted by atomic mass is 35.5. The van der Waals surface area contributed by atoms with Gasteiger partial charge in [-0.15, -0.1) is 11.6 Å². The molecule has 78 valence electrons. The minimum atomic E-state index is -0.178. The molecule has 0 bridgehead atoms. The van der Waals surface area contributed by atoms with E-state index in [4.69, 9.17) is 11.6 Å². The number of hydrogen-bond donors (Lipinski definition) is 1. The topological polar surface area (TPSA) is 29.1 Å². The van der Waals surface area contributed by atoms with Crippen molar-refractivity contribution in [1.82, 2.24) is 0 Å². The number of nitrogens with one attached hydrogen (secondary N) is 1. The molecule has 0 aliphatic rings. The Labute approximate surface area is 90.3 Å². The van der Waals surface area contributed by atoms with E-state index in [9.17, 15) is 4.79 Å². The van der Waals surface area contributed by atoms with E-state index in [0.717, 1.165) is 11.3 Å². The van der Waals surface area contributed by atoms with E-state index in [1.807, 2.05) is 45.0 Å². The zero-order valence-corrected chi connectivity index (χ0v) is 9.56. The molecule has 0 saturated carbocycles. The predicted molar refractivity (Wildman–Crippen MR) is 61.9 cm³/mol. The van der Waals surface area contributed by atoms with Gasteiger partial charge in [0.05, 0.1) is 0 Å². The van der Waals surface area contributed by atoms with Crippen molar-refractivity contribution >= 4 is 23.2 Å². The quantitative estimate of drug-likeness (QED) is 0.752. The number of rotatable bonds is 2. The Morgan fingerprint density at radius 3 is 2.57 bits per heavy atom. The summed E-state index contributed by atoms with van der Waals surface area (Å²) < 4.78 is 0. The van der Waals surface area contributed by atoms with Crippen LogP contribution in [0, 0.1) is 6.92 Å². The minimum absolute atomic E-state index is 0.00601. The van der Waals surface area contributed by atoms with Crippen LogP contribution in [0.15, 0.2) is 24.3 Å². The Kier molecular flexibility index (Phi) is 6.85. The van der Waals surface area contributed by atoms with Crippen LogP contribution in [0.5, 0.6) is 0 Å². The van der Waals surface area contributed by atoms with E-state index in [-0.39, 0.29) is 11.8 Å². The second-order valence-electron chi connectivity index (χ2n) is 2.55. The van der Waals surface area contributed by atoms with Crippen molar-refractivity contribution in [3.05, 3.63) is 29.8 Å². The van der Waals surface area contributed by atoms with Crippen LogP contribution in [-0.4, -0.2) is 11.8 Å². The summed E-state index contributed by atoms with van der Waals surface area (Å²) in [5.74, 6) is -0.184. The molecular weight excluding hydrogens is 198 g/mol. The van der Waals surface area contributed by atoms with E-state index in [1.54, 1.807) is 0 Å². The SMILES string of the molecule is CC.Cc1cccc(NC(=O)CCl)c1. The van der Waals surface area contributed by atoms with Gasteiger partial charge in [-0.3, -0.25) is 4.79 Å². The summed E-state index contributed by atoms with van der Waals surface area (Å²) in [4.78, 5) is 10.8. The molecule has 3 heteroatoms. The molecule has 0 radical (unpaired) electrons. The molecule has 14 heavy (non-hydrogen) atoms. The first-order valence-electron chi connectivity index (χ1n) is 4.65. The highest BCUT2D eigenvalue weighted by molar-refractivity contribution is 6.29. The number of alkyl halides is 1. The molecule has 1 amide bonds. The Balaban J connectivity index is 0.000000791. The number of carbonyl (C=O) groups is 1. The van der Waals surface area contributed by atoms with E-state index in [1.165, 1.54) is 0 Å². The van der Waals surface area contributed by atoms with Gasteiger partial charge in [0.15, 0.2) is 0 Å². The summed E-state index contributed by atoms with van der Waals surface area (Å²) in [5, 5.41) is 2.66. The molecule has 0 aromatic heterocycles. The van der Waals surface area contributed by atoms with Gasteiger partial charge in [0.1, 0.15) is 5.88 Å². The van der Waals surface area contributed by atoms with Gasteiger partial charge in [-0.05, 0) is 24.6 Å². The third-order valence-corrected chi connectivity index (χ3v) is 1.67. The van der Waals surface area contributed by atoms with Crippen molar-refractivity contribution in [3.8, 4) is 0 Å². The van der Waals surface area contributed by atoms with Gasteiger partial charge in [0.25, 0.3) is 0 Å². The molecule has 0 atom stereocenters. The normalized spacial score (nSPS) is 8.57. The number of hydrogen-bond acceptors (Lipinski definition) is 1. The van der Waals surface area contributed by atoms with Gasteiger partial charge in [-0.1, -0.05) is 26.0 Å². The van der Waals surface area contributed by atoms with Crippen molar-refractivity contribution in [1.29, 1.82) is 0 Å². The third kappa shape index (κ3) is 4.87. The molecule has 0 spiro atoms. The smallest absolute Gasteiger partial charge is 0.239 e. The van der Waals surface area contributed by atoms with Gasteiger partial charge in [-0.2, -0.15) is 0 Å². The Morgan fingerprint density at radius 1 is 1.43 bits per heavy atom. The maximum Gasteiger partial charge on any atom is 0.239 e. The first kappa shape index (κ1) is 13.0. The van der Waals surface area contributed by atoms with Crippen LogP contribution in [0.2, 0.25) is 0 Å². The molecule has 1 aromatic carbocycles. The summed E-state index contributed by atoms with van der Waals surface area (Å²) in [6, 6.07) is 7.58. The van der Waals surface area contributed by atoms with E-state index in [0.29, 0.717) is 0 Å². The van der Waals surface area contributed by atoms with Crippen LogP contribution in [0.3, 0.4) is 0 Å². The van der Waals surface area contributed by atoms with Crippen LogP contribution in [0.1, 0.15) is 19.4 Å². The molecule has 1 aromatic rings. The Hall–Kier alpha value is -1.02. The van der Waals surface area contributed by atoms with Gasteiger partial charge < -0.3 is 5.32 Å². The van der Waals surface area contributed by atoms with E-state index in [2.05, 4.69) is 5.32 Å². The number of aryl methyl sites for hydroxylation is 1. The summed E-state index contributed by atoms with van der Waals surface area (Å²) >= 11 is 5.33. The number of anilines is 1. The molecule has 1 N–H and O–H groups in total. The molecule has 2 nitrogen and oxygen atoms in total. The maximum atomic E-state index is 10.8. The molecule has 0 saturated heterocycles. The van der Waals surface area contributed by atoms with Gasteiger partial charge in [0, 0.05) is 5.69 Å². The number of carbonyl (C=O) groups excluding carboxylic acids is 1. The largest absolute Gasteiger partial charge is 0.325 e. The molecular formula is C11H16ClNO. The minimum Gasteiger partial charge on any atom is -0.325 e. The fourth-order valence-corrected chi connectivity index (χ4v) is 0.984. The zero-order valence-electron chi connectivity index (χ0n) is 8.80. The lowest BCUT2D eigenvalue weighted by molar-refractivity contribution is -0.113. The zero-order chi connectivity index (χ0) is 11.0. The maximum absolute atomic E-state index is 10.8. The monoisotopic (exact) mass is 213 g/mol. The fourth-order valence-electron chi connectivity index (χ4n) is 0.917. The van der Waals surface area contributed by atoms with E-state index < -0.39 is 0 Å². The molecule has 0 heterocycles. The summed E-state index contributed by atoms with van der Waals surface area (Å²) in [6.45, 7) is 5.97. The molecule has 0 fully saturated rings. The first-order chi connectivity index (χ1) is 6.72. The Bertz CT molecular complexity index is 286. The van der Waals surface area contributed by atoms with E-state index >= 15 is 0 Å². The van der Waals surface area contributed by atoms with Crippen LogP contribution in [-0.2, 0) is 4.79 Å². The average molecular weight is 214 g/mol. The highest BCUT2D eigenvalue weighted by Gasteiger charge is 1.98. The molecule has 0 aliphatic carbocycles. The van der Waals surface area contributed by atoms with Gasteiger partial charge in [-0.25, -0.2) is 0 Å². The second-order valence-corrected chi connectivity index (χ2v) is 2.82. The van der Waals surface area contributed by atoms with Crippen LogP contribution in [0.4, 0.5) is 5.69 Å².